The minimum atomic E-state index is -4.24. The zero-order valence-corrected chi connectivity index (χ0v) is 23.6. The molecule has 14 heteroatoms. The number of nitrogens with zero attached hydrogens (tertiary/aromatic N) is 3. The quantitative estimate of drug-likeness (QED) is 0.369. The number of aliphatic hydroxyl groups excluding tert-OH is 1. The van der Waals surface area contributed by atoms with Gasteiger partial charge in [-0.2, -0.15) is 13.2 Å². The highest BCUT2D eigenvalue weighted by atomic mass is 35.5. The van der Waals surface area contributed by atoms with E-state index in [4.69, 9.17) is 11.6 Å². The second-order valence-corrected chi connectivity index (χ2v) is 10.9. The predicted octanol–water partition coefficient (Wildman–Crippen LogP) is 4.02. The average molecular weight is 618 g/mol. The Hall–Kier alpha value is -3.00. The second-order valence-electron chi connectivity index (χ2n) is 10.5. The van der Waals surface area contributed by atoms with Crippen molar-refractivity contribution in [2.24, 2.45) is 0 Å². The minimum absolute atomic E-state index is 0.0346. The molecule has 2 amide bonds. The summed E-state index contributed by atoms with van der Waals surface area (Å²) in [5, 5.41) is 15.4. The molecule has 2 aliphatic rings. The van der Waals surface area contributed by atoms with Gasteiger partial charge in [-0.15, -0.1) is 0 Å². The van der Waals surface area contributed by atoms with Crippen molar-refractivity contribution in [2.75, 3.05) is 62.6 Å². The zero-order chi connectivity index (χ0) is 30.4. The third kappa shape index (κ3) is 8.76. The molecule has 1 atom stereocenters. The number of piperazine rings is 1. The lowest BCUT2D eigenvalue weighted by molar-refractivity contribution is -0.138. The van der Waals surface area contributed by atoms with E-state index in [9.17, 15) is 36.6 Å². The maximum absolute atomic E-state index is 14.9. The largest absolute Gasteiger partial charge is 0.392 e. The van der Waals surface area contributed by atoms with E-state index >= 15 is 0 Å². The molecule has 2 aromatic rings. The predicted molar refractivity (Wildman–Crippen MR) is 149 cm³/mol. The van der Waals surface area contributed by atoms with E-state index in [-0.39, 0.29) is 24.2 Å². The topological polar surface area (TPSA) is 88.2 Å². The Morgan fingerprint density at radius 2 is 1.76 bits per heavy atom. The fraction of sp³-hybridized carbons (Fsp3) is 0.500. The number of nitrogens with one attached hydrogen (secondary N) is 2. The van der Waals surface area contributed by atoms with E-state index in [1.165, 1.54) is 0 Å². The zero-order valence-electron chi connectivity index (χ0n) is 22.8. The van der Waals surface area contributed by atoms with Crippen LogP contribution in [0.3, 0.4) is 0 Å². The molecule has 1 unspecified atom stereocenters. The molecule has 4 rings (SSSR count). The van der Waals surface area contributed by atoms with Crippen LogP contribution in [0.4, 0.5) is 33.3 Å². The van der Waals surface area contributed by atoms with Crippen molar-refractivity contribution < 1.29 is 36.6 Å². The first-order valence-corrected chi connectivity index (χ1v) is 14.1. The summed E-state index contributed by atoms with van der Waals surface area (Å²) in [4.78, 5) is 31.2. The van der Waals surface area contributed by atoms with Gasteiger partial charge in [-0.05, 0) is 49.7 Å². The summed E-state index contributed by atoms with van der Waals surface area (Å²) in [5.74, 6) is -3.65. The van der Waals surface area contributed by atoms with Crippen LogP contribution in [-0.4, -0.2) is 91.4 Å². The number of hydrogen-bond acceptors (Lipinski definition) is 6. The molecular formula is C28H33ClF5N5O3. The van der Waals surface area contributed by atoms with Crippen molar-refractivity contribution in [3.8, 4) is 0 Å². The van der Waals surface area contributed by atoms with Crippen LogP contribution >= 0.6 is 11.6 Å². The van der Waals surface area contributed by atoms with Gasteiger partial charge in [0.05, 0.1) is 30.4 Å². The summed E-state index contributed by atoms with van der Waals surface area (Å²) in [6.07, 6.45) is -4.28. The molecule has 230 valence electrons. The van der Waals surface area contributed by atoms with Gasteiger partial charge in [-0.25, -0.2) is 8.78 Å². The van der Waals surface area contributed by atoms with Crippen molar-refractivity contribution in [1.29, 1.82) is 0 Å². The lowest BCUT2D eigenvalue weighted by Gasteiger charge is -2.37. The minimum Gasteiger partial charge on any atom is -0.392 e. The Morgan fingerprint density at radius 1 is 1.02 bits per heavy atom. The molecule has 0 spiro atoms. The van der Waals surface area contributed by atoms with Gasteiger partial charge < -0.3 is 20.6 Å². The van der Waals surface area contributed by atoms with Crippen LogP contribution in [-0.2, 0) is 11.3 Å². The SMILES string of the molecule is O=C(CN1CCCC(O)C1)NCc1c(C(=O)Nc2ccc(Cl)cc2N2CCN(CCC(F)(F)F)CC2)ccc(F)c1F. The van der Waals surface area contributed by atoms with Gasteiger partial charge in [0, 0.05) is 62.0 Å². The molecule has 8 nitrogen and oxygen atoms in total. The van der Waals surface area contributed by atoms with Crippen LogP contribution in [0, 0.1) is 11.6 Å². The molecule has 0 aliphatic carbocycles. The Balaban J connectivity index is 1.44. The number of halogens is 6. The molecule has 42 heavy (non-hydrogen) atoms. The maximum Gasteiger partial charge on any atom is 0.390 e. The number of aliphatic hydroxyl groups is 1. The molecule has 3 N–H and O–H groups in total. The summed E-state index contributed by atoms with van der Waals surface area (Å²) < 4.78 is 66.9. The van der Waals surface area contributed by atoms with Crippen LogP contribution in [0.2, 0.25) is 5.02 Å². The van der Waals surface area contributed by atoms with Gasteiger partial charge in [0.15, 0.2) is 11.6 Å². The summed E-state index contributed by atoms with van der Waals surface area (Å²) in [7, 11) is 0. The van der Waals surface area contributed by atoms with Crippen molar-refractivity contribution in [1.82, 2.24) is 15.1 Å². The van der Waals surface area contributed by atoms with E-state index in [1.54, 1.807) is 28.0 Å². The van der Waals surface area contributed by atoms with Gasteiger partial charge in [0.1, 0.15) is 0 Å². The van der Waals surface area contributed by atoms with Gasteiger partial charge in [-0.3, -0.25) is 19.4 Å². The van der Waals surface area contributed by atoms with Gasteiger partial charge in [-0.1, -0.05) is 11.6 Å². The highest BCUT2D eigenvalue weighted by Gasteiger charge is 2.29. The van der Waals surface area contributed by atoms with Crippen LogP contribution < -0.4 is 15.5 Å². The number of carbonyl (C=O) groups is 2. The number of alkyl halides is 3. The summed E-state index contributed by atoms with van der Waals surface area (Å²) in [6, 6.07) is 6.68. The first-order valence-electron chi connectivity index (χ1n) is 13.7. The first kappa shape index (κ1) is 31.9. The summed E-state index contributed by atoms with van der Waals surface area (Å²) in [6.45, 7) is 1.90. The van der Waals surface area contributed by atoms with E-state index in [2.05, 4.69) is 10.6 Å². The number of β-amino-alcohol motifs (C(OH)–C–C–N with tert-alkyl or cyclic N) is 1. The first-order chi connectivity index (χ1) is 19.9. The van der Waals surface area contributed by atoms with Crippen LogP contribution in [0.15, 0.2) is 30.3 Å². The number of hydrogen-bond donors (Lipinski definition) is 3. The number of amides is 2. The van der Waals surface area contributed by atoms with Crippen LogP contribution in [0.1, 0.15) is 35.2 Å². The fourth-order valence-electron chi connectivity index (χ4n) is 5.16. The second kappa shape index (κ2) is 14.0. The van der Waals surface area contributed by atoms with Crippen molar-refractivity contribution in [3.63, 3.8) is 0 Å². The number of likely N-dealkylation sites (tertiary alicyclic amines) is 1. The fourth-order valence-corrected chi connectivity index (χ4v) is 5.32. The van der Waals surface area contributed by atoms with Gasteiger partial charge in [0.25, 0.3) is 5.91 Å². The van der Waals surface area contributed by atoms with Crippen molar-refractivity contribution in [2.45, 2.75) is 38.1 Å². The summed E-state index contributed by atoms with van der Waals surface area (Å²) >= 11 is 6.21. The number of carbonyl (C=O) groups excluding carboxylic acids is 2. The van der Waals surface area contributed by atoms with E-state index in [0.717, 1.165) is 18.6 Å². The number of rotatable bonds is 9. The third-order valence-corrected chi connectivity index (χ3v) is 7.62. The van der Waals surface area contributed by atoms with Crippen molar-refractivity contribution in [3.05, 3.63) is 58.1 Å². The molecule has 2 fully saturated rings. The normalized spacial score (nSPS) is 18.6. The Bertz CT molecular complexity index is 1270. The van der Waals surface area contributed by atoms with Gasteiger partial charge in [0.2, 0.25) is 5.91 Å². The van der Waals surface area contributed by atoms with Crippen LogP contribution in [0.25, 0.3) is 0 Å². The highest BCUT2D eigenvalue weighted by Crippen LogP contribution is 2.31. The van der Waals surface area contributed by atoms with E-state index in [0.29, 0.717) is 62.1 Å². The molecule has 2 heterocycles. The molecule has 0 radical (unpaired) electrons. The standard InChI is InChI=1S/C28H33ClF5N5O3/c29-18-3-6-23(24(14-18)39-12-10-37(11-13-39)9-7-28(32,33)34)36-27(42)20-4-5-22(30)26(31)21(20)15-35-25(41)17-38-8-1-2-19(40)16-38/h3-6,14,19,40H,1-2,7-13,15-17H2,(H,35,41)(H,36,42). The van der Waals surface area contributed by atoms with E-state index in [1.807, 2.05) is 4.90 Å². The third-order valence-electron chi connectivity index (χ3n) is 7.38. The molecule has 2 aliphatic heterocycles. The Labute approximate surface area is 245 Å². The van der Waals surface area contributed by atoms with Crippen molar-refractivity contribution >= 4 is 34.8 Å². The molecule has 2 aromatic carbocycles. The molecule has 0 bridgehead atoms. The number of anilines is 2. The lowest BCUT2D eigenvalue weighted by Crippen LogP contribution is -2.47. The number of piperidine rings is 1. The Morgan fingerprint density at radius 3 is 2.45 bits per heavy atom. The number of benzene rings is 2. The van der Waals surface area contributed by atoms with Gasteiger partial charge >= 0.3 is 6.18 Å². The Kier molecular flexibility index (Phi) is 10.6. The molecular weight excluding hydrogens is 585 g/mol. The van der Waals surface area contributed by atoms with Crippen LogP contribution in [0.5, 0.6) is 0 Å². The molecule has 0 aromatic heterocycles. The highest BCUT2D eigenvalue weighted by molar-refractivity contribution is 6.31. The molecule has 0 saturated carbocycles. The maximum atomic E-state index is 14.9. The van der Waals surface area contributed by atoms with E-state index < -0.39 is 48.7 Å². The monoisotopic (exact) mass is 617 g/mol. The summed E-state index contributed by atoms with van der Waals surface area (Å²) in [5.41, 5.74) is 0.359. The molecule has 2 saturated heterocycles. The smallest absolute Gasteiger partial charge is 0.390 e. The average Bonchev–Trinajstić information content (AvgIpc) is 2.93. The lowest BCUT2D eigenvalue weighted by atomic mass is 10.0.